The molecule has 5 atom stereocenters. The highest BCUT2D eigenvalue weighted by Gasteiger charge is 2.39. The first-order valence-electron chi connectivity index (χ1n) is 8.43. The van der Waals surface area contributed by atoms with Gasteiger partial charge >= 0.3 is 5.97 Å². The van der Waals surface area contributed by atoms with Crippen LogP contribution in [-0.4, -0.2) is 93.1 Å². The third kappa shape index (κ3) is 6.06. The van der Waals surface area contributed by atoms with Crippen molar-refractivity contribution in [2.45, 2.75) is 50.0 Å². The van der Waals surface area contributed by atoms with E-state index in [1.807, 2.05) is 0 Å². The van der Waals surface area contributed by atoms with Gasteiger partial charge in [0.05, 0.1) is 12.7 Å². The van der Waals surface area contributed by atoms with Crippen molar-refractivity contribution < 1.29 is 34.5 Å². The van der Waals surface area contributed by atoms with Crippen LogP contribution >= 0.6 is 12.6 Å². The average molecular weight is 406 g/mol. The van der Waals surface area contributed by atoms with Crippen LogP contribution in [0.25, 0.3) is 0 Å². The molecule has 5 unspecified atom stereocenters. The van der Waals surface area contributed by atoms with Crippen molar-refractivity contribution in [2.75, 3.05) is 18.9 Å². The average Bonchev–Trinajstić information content (AvgIpc) is 3.11. The number of likely N-dealkylation sites (tertiary alicyclic amines) is 1. The second-order valence-electron chi connectivity index (χ2n) is 6.29. The maximum Gasteiger partial charge on any atom is 0.328 e. The maximum absolute atomic E-state index is 12.7. The topological polar surface area (TPSA) is 182 Å². The summed E-state index contributed by atoms with van der Waals surface area (Å²) in [6.07, 6.45) is -0.492. The summed E-state index contributed by atoms with van der Waals surface area (Å²) < 4.78 is 0. The molecule has 1 aliphatic rings. The zero-order valence-corrected chi connectivity index (χ0v) is 15.8. The first-order valence-corrected chi connectivity index (χ1v) is 9.06. The number of carboxylic acids is 1. The summed E-state index contributed by atoms with van der Waals surface area (Å²) in [5, 5.41) is 32.1. The first-order chi connectivity index (χ1) is 12.6. The van der Waals surface area contributed by atoms with Gasteiger partial charge in [0.25, 0.3) is 0 Å². The zero-order valence-electron chi connectivity index (χ0n) is 14.9. The minimum atomic E-state index is -1.50. The van der Waals surface area contributed by atoms with E-state index in [-0.39, 0.29) is 12.3 Å². The highest BCUT2D eigenvalue weighted by atomic mass is 32.1. The van der Waals surface area contributed by atoms with Gasteiger partial charge in [-0.1, -0.05) is 0 Å². The molecule has 0 radical (unpaired) electrons. The van der Waals surface area contributed by atoms with E-state index in [1.165, 1.54) is 11.8 Å². The Labute approximate surface area is 161 Å². The van der Waals surface area contributed by atoms with Gasteiger partial charge in [0.15, 0.2) is 6.04 Å². The number of carbonyl (C=O) groups excluding carboxylic acids is 3. The zero-order chi connectivity index (χ0) is 20.7. The minimum Gasteiger partial charge on any atom is -0.480 e. The van der Waals surface area contributed by atoms with Gasteiger partial charge in [0.2, 0.25) is 17.7 Å². The van der Waals surface area contributed by atoms with E-state index < -0.39 is 60.6 Å². The molecule has 0 aromatic carbocycles. The molecule has 0 aromatic rings. The maximum atomic E-state index is 12.7. The highest BCUT2D eigenvalue weighted by molar-refractivity contribution is 7.80. The fourth-order valence-corrected chi connectivity index (χ4v) is 2.94. The SMILES string of the molecule is CC(O)C(NC(=O)C1CCCN1C(=O)C(CS)NC(=O)C(N)CO)C(=O)O. The summed E-state index contributed by atoms with van der Waals surface area (Å²) in [6.45, 7) is 0.882. The molecule has 0 saturated carbocycles. The van der Waals surface area contributed by atoms with Crippen LogP contribution in [0.2, 0.25) is 0 Å². The molecule has 0 spiro atoms. The van der Waals surface area contributed by atoms with E-state index >= 15 is 0 Å². The number of rotatable bonds is 9. The first kappa shape index (κ1) is 23.1. The van der Waals surface area contributed by atoms with Crippen LogP contribution < -0.4 is 16.4 Å². The molecule has 3 amide bonds. The van der Waals surface area contributed by atoms with Gasteiger partial charge in [-0.15, -0.1) is 0 Å². The molecule has 1 fully saturated rings. The van der Waals surface area contributed by atoms with E-state index in [0.717, 1.165) is 0 Å². The van der Waals surface area contributed by atoms with Crippen molar-refractivity contribution in [1.29, 1.82) is 0 Å². The van der Waals surface area contributed by atoms with Crippen LogP contribution in [0.4, 0.5) is 0 Å². The minimum absolute atomic E-state index is 0.0566. The number of aliphatic carboxylic acids is 1. The van der Waals surface area contributed by atoms with Crippen LogP contribution in [0.1, 0.15) is 19.8 Å². The van der Waals surface area contributed by atoms with Gasteiger partial charge in [-0.25, -0.2) is 4.79 Å². The monoisotopic (exact) mass is 406 g/mol. The van der Waals surface area contributed by atoms with E-state index in [0.29, 0.717) is 12.8 Å². The second kappa shape index (κ2) is 10.4. The molecule has 1 aliphatic heterocycles. The molecule has 12 heteroatoms. The van der Waals surface area contributed by atoms with Crippen LogP contribution in [0.5, 0.6) is 0 Å². The second-order valence-corrected chi connectivity index (χ2v) is 6.65. The summed E-state index contributed by atoms with van der Waals surface area (Å²) in [7, 11) is 0. The van der Waals surface area contributed by atoms with Gasteiger partial charge in [-0.3, -0.25) is 14.4 Å². The smallest absolute Gasteiger partial charge is 0.328 e. The van der Waals surface area contributed by atoms with Gasteiger partial charge < -0.3 is 36.6 Å². The number of carboxylic acid groups (broad SMARTS) is 1. The molecule has 0 bridgehead atoms. The number of nitrogens with zero attached hydrogens (tertiary/aromatic N) is 1. The summed E-state index contributed by atoms with van der Waals surface area (Å²) in [6, 6.07) is -4.68. The van der Waals surface area contributed by atoms with E-state index in [2.05, 4.69) is 23.3 Å². The third-order valence-electron chi connectivity index (χ3n) is 4.22. The number of thiol groups is 1. The number of nitrogens with two attached hydrogens (primary N) is 1. The van der Waals surface area contributed by atoms with Crippen LogP contribution in [0.3, 0.4) is 0 Å². The Bertz CT molecular complexity index is 574. The Hall–Kier alpha value is -1.89. The molecule has 1 heterocycles. The van der Waals surface area contributed by atoms with Crippen LogP contribution in [0, 0.1) is 0 Å². The molecular formula is C15H26N4O7S. The third-order valence-corrected chi connectivity index (χ3v) is 4.58. The Morgan fingerprint density at radius 2 is 1.93 bits per heavy atom. The van der Waals surface area contributed by atoms with E-state index in [1.54, 1.807) is 0 Å². The Morgan fingerprint density at radius 3 is 2.41 bits per heavy atom. The number of nitrogens with one attached hydrogen (secondary N) is 2. The number of hydrogen-bond donors (Lipinski definition) is 7. The fraction of sp³-hybridized carbons (Fsp3) is 0.733. The number of carbonyl (C=O) groups is 4. The Kier molecular flexibility index (Phi) is 8.96. The lowest BCUT2D eigenvalue weighted by atomic mass is 10.1. The van der Waals surface area contributed by atoms with Gasteiger partial charge in [-0.05, 0) is 19.8 Å². The lowest BCUT2D eigenvalue weighted by Crippen LogP contribution is -2.58. The number of amides is 3. The lowest BCUT2D eigenvalue weighted by molar-refractivity contribution is -0.147. The standard InChI is InChI=1S/C15H26N4O7S/c1-7(21)11(15(25)26)18-13(23)10-3-2-4-19(10)14(24)9(6-27)17-12(22)8(16)5-20/h7-11,20-21,27H,2-6,16H2,1H3,(H,17,22)(H,18,23)(H,25,26). The Balaban J connectivity index is 2.84. The van der Waals surface area contributed by atoms with Crippen molar-refractivity contribution in [2.24, 2.45) is 5.73 Å². The van der Waals surface area contributed by atoms with Gasteiger partial charge in [0, 0.05) is 12.3 Å². The predicted octanol–water partition coefficient (Wildman–Crippen LogP) is -3.34. The molecule has 27 heavy (non-hydrogen) atoms. The summed E-state index contributed by atoms with van der Waals surface area (Å²) >= 11 is 4.03. The predicted molar refractivity (Wildman–Crippen MR) is 96.8 cm³/mol. The molecular weight excluding hydrogens is 380 g/mol. The van der Waals surface area contributed by atoms with Crippen molar-refractivity contribution in [3.8, 4) is 0 Å². The van der Waals surface area contributed by atoms with Crippen molar-refractivity contribution in [3.63, 3.8) is 0 Å². The van der Waals surface area contributed by atoms with Crippen LogP contribution in [-0.2, 0) is 19.2 Å². The highest BCUT2D eigenvalue weighted by Crippen LogP contribution is 2.19. The molecule has 1 saturated heterocycles. The quantitative estimate of drug-likeness (QED) is 0.194. The van der Waals surface area contributed by atoms with Crippen molar-refractivity contribution in [3.05, 3.63) is 0 Å². The van der Waals surface area contributed by atoms with Crippen molar-refractivity contribution in [1.82, 2.24) is 15.5 Å². The molecule has 1 rings (SSSR count). The summed E-state index contributed by atoms with van der Waals surface area (Å²) in [5.74, 6) is -3.45. The largest absolute Gasteiger partial charge is 0.480 e. The fourth-order valence-electron chi connectivity index (χ4n) is 2.69. The van der Waals surface area contributed by atoms with Crippen molar-refractivity contribution >= 4 is 36.3 Å². The lowest BCUT2D eigenvalue weighted by Gasteiger charge is -2.29. The Morgan fingerprint density at radius 1 is 1.30 bits per heavy atom. The van der Waals surface area contributed by atoms with Gasteiger partial charge in [-0.2, -0.15) is 12.6 Å². The molecule has 154 valence electrons. The summed E-state index contributed by atoms with van der Waals surface area (Å²) in [4.78, 5) is 49.3. The van der Waals surface area contributed by atoms with Gasteiger partial charge in [0.1, 0.15) is 18.1 Å². The van der Waals surface area contributed by atoms with E-state index in [4.69, 9.17) is 15.9 Å². The van der Waals surface area contributed by atoms with Crippen LogP contribution in [0.15, 0.2) is 0 Å². The normalized spacial score (nSPS) is 21.1. The number of aliphatic hydroxyl groups excluding tert-OH is 2. The summed E-state index contributed by atoms with van der Waals surface area (Å²) in [5.41, 5.74) is 5.40. The number of hydrogen-bond acceptors (Lipinski definition) is 8. The van der Waals surface area contributed by atoms with E-state index in [9.17, 15) is 24.3 Å². The number of aliphatic hydroxyl groups is 2. The molecule has 0 aliphatic carbocycles. The molecule has 7 N–H and O–H groups in total. The molecule has 11 nitrogen and oxygen atoms in total. The molecule has 0 aromatic heterocycles.